The van der Waals surface area contributed by atoms with Crippen LogP contribution < -0.4 is 24.0 Å². The van der Waals surface area contributed by atoms with Crippen LogP contribution in [0, 0.1) is 17.0 Å². The zero-order chi connectivity index (χ0) is 30.2. The van der Waals surface area contributed by atoms with Gasteiger partial charge >= 0.3 is 0 Å². The van der Waals surface area contributed by atoms with Crippen molar-refractivity contribution in [3.8, 4) is 22.8 Å². The summed E-state index contributed by atoms with van der Waals surface area (Å²) in [6, 6.07) is 7.47. The molecule has 1 amide bonds. The molecule has 0 radical (unpaired) electrons. The Bertz CT molecular complexity index is 1620. The van der Waals surface area contributed by atoms with Gasteiger partial charge in [-0.3, -0.25) is 9.69 Å². The highest BCUT2D eigenvalue weighted by Gasteiger charge is 2.46. The van der Waals surface area contributed by atoms with Gasteiger partial charge < -0.3 is 19.4 Å². The van der Waals surface area contributed by atoms with E-state index in [1.165, 1.54) is 23.3 Å². The minimum atomic E-state index is -1.45. The van der Waals surface area contributed by atoms with Crippen molar-refractivity contribution in [2.45, 2.75) is 25.7 Å². The Balaban J connectivity index is 1.33. The van der Waals surface area contributed by atoms with Crippen LogP contribution in [0.1, 0.15) is 23.4 Å². The van der Waals surface area contributed by atoms with Gasteiger partial charge in [0.1, 0.15) is 23.9 Å². The lowest BCUT2D eigenvalue weighted by Gasteiger charge is -2.31. The third kappa shape index (κ3) is 5.58. The first-order valence-corrected chi connectivity index (χ1v) is 14.1. The molecule has 1 aliphatic rings. The van der Waals surface area contributed by atoms with E-state index in [-0.39, 0.29) is 12.8 Å². The lowest BCUT2D eigenvalue weighted by atomic mass is 9.80. The van der Waals surface area contributed by atoms with E-state index in [4.69, 9.17) is 9.47 Å². The maximum atomic E-state index is 13.9. The standard InChI is InChI=1S/C30H30F2N4O5S/c1-34-8-9-35(2)26(34)7-10-41-20-5-6-21(25(13-20)40-4)24-17-42-29(33-24)36(3)28(39)30(16-27(37)38)14-18-11-22(31)23(32)12-19(18)15-30/h5-6,8-9,11-13,17H,7,10,14-16H2,1-4H3. The Morgan fingerprint density at radius 2 is 1.88 bits per heavy atom. The van der Waals surface area contributed by atoms with Gasteiger partial charge in [-0.1, -0.05) is 0 Å². The van der Waals surface area contributed by atoms with Crippen LogP contribution in [0.25, 0.3) is 11.3 Å². The Kier molecular flexibility index (Phi) is 8.00. The summed E-state index contributed by atoms with van der Waals surface area (Å²) in [5, 5.41) is 13.8. The molecule has 0 unspecified atom stereocenters. The number of rotatable bonds is 10. The Hall–Kier alpha value is -4.32. The number of methoxy groups -OCH3 is 1. The molecule has 220 valence electrons. The van der Waals surface area contributed by atoms with Gasteiger partial charge in [0.2, 0.25) is 5.91 Å². The molecule has 2 aromatic heterocycles. The number of aromatic nitrogens is 3. The van der Waals surface area contributed by atoms with Crippen LogP contribution in [0.2, 0.25) is 0 Å². The molecular weight excluding hydrogens is 566 g/mol. The Morgan fingerprint density at radius 3 is 2.48 bits per heavy atom. The molecule has 4 aromatic rings. The molecule has 0 spiro atoms. The van der Waals surface area contributed by atoms with E-state index >= 15 is 0 Å². The topological polar surface area (TPSA) is 101 Å². The summed E-state index contributed by atoms with van der Waals surface area (Å²) in [6.45, 7) is 0.471. The number of ether oxygens (including phenoxy) is 2. The van der Waals surface area contributed by atoms with Crippen molar-refractivity contribution in [1.29, 1.82) is 0 Å². The molecular formula is C30H30F2N4O5S. The monoisotopic (exact) mass is 596 g/mol. The third-order valence-corrected chi connectivity index (χ3v) is 8.61. The number of carboxylic acid groups (broad SMARTS) is 1. The first-order valence-electron chi connectivity index (χ1n) is 13.2. The lowest BCUT2D eigenvalue weighted by molar-refractivity contribution is -0.678. The van der Waals surface area contributed by atoms with Crippen LogP contribution in [-0.2, 0) is 42.9 Å². The molecule has 0 atom stereocenters. The number of fused-ring (bicyclic) bond motifs is 1. The van der Waals surface area contributed by atoms with Crippen LogP contribution in [0.4, 0.5) is 13.9 Å². The smallest absolute Gasteiger partial charge is 0.259 e. The zero-order valence-corrected chi connectivity index (χ0v) is 24.5. The maximum Gasteiger partial charge on any atom is 0.259 e. The minimum Gasteiger partial charge on any atom is -0.550 e. The fourth-order valence-corrected chi connectivity index (χ4v) is 6.36. The van der Waals surface area contributed by atoms with Crippen molar-refractivity contribution in [2.75, 3.05) is 25.7 Å². The predicted molar refractivity (Wildman–Crippen MR) is 149 cm³/mol. The number of carbonyl (C=O) groups excluding carboxylic acids is 2. The average molecular weight is 597 g/mol. The first-order chi connectivity index (χ1) is 20.0. The molecule has 5 rings (SSSR count). The number of aliphatic carboxylic acids is 1. The average Bonchev–Trinajstić information content (AvgIpc) is 3.66. The van der Waals surface area contributed by atoms with Gasteiger partial charge in [-0.15, -0.1) is 11.3 Å². The number of amides is 1. The molecule has 2 aromatic carbocycles. The summed E-state index contributed by atoms with van der Waals surface area (Å²) in [7, 11) is 7.02. The van der Waals surface area contributed by atoms with Crippen LogP contribution in [0.5, 0.6) is 11.5 Å². The van der Waals surface area contributed by atoms with E-state index in [1.807, 2.05) is 47.8 Å². The van der Waals surface area contributed by atoms with Crippen LogP contribution in [-0.4, -0.2) is 42.2 Å². The number of anilines is 1. The van der Waals surface area contributed by atoms with Crippen LogP contribution >= 0.6 is 11.3 Å². The van der Waals surface area contributed by atoms with E-state index in [0.29, 0.717) is 52.0 Å². The minimum absolute atomic E-state index is 0.0491. The summed E-state index contributed by atoms with van der Waals surface area (Å²) >= 11 is 1.20. The molecule has 2 heterocycles. The van der Waals surface area contributed by atoms with Gasteiger partial charge in [-0.05, 0) is 48.2 Å². The fourth-order valence-electron chi connectivity index (χ4n) is 5.57. The number of carboxylic acids is 1. The van der Waals surface area contributed by atoms with Gasteiger partial charge in [-0.25, -0.2) is 22.9 Å². The van der Waals surface area contributed by atoms with Gasteiger partial charge in [-0.2, -0.15) is 0 Å². The second-order valence-electron chi connectivity index (χ2n) is 10.5. The molecule has 1 aliphatic carbocycles. The predicted octanol–water partition coefficient (Wildman–Crippen LogP) is 2.77. The third-order valence-electron chi connectivity index (χ3n) is 7.69. The number of nitrogens with zero attached hydrogens (tertiary/aromatic N) is 4. The lowest BCUT2D eigenvalue weighted by Crippen LogP contribution is -2.46. The van der Waals surface area contributed by atoms with Gasteiger partial charge in [0, 0.05) is 36.4 Å². The molecule has 0 saturated carbocycles. The number of hydrogen-bond acceptors (Lipinski definition) is 7. The largest absolute Gasteiger partial charge is 0.550 e. The number of carbonyl (C=O) groups is 2. The van der Waals surface area contributed by atoms with Crippen molar-refractivity contribution < 1.29 is 37.5 Å². The number of aryl methyl sites for hydroxylation is 2. The van der Waals surface area contributed by atoms with Crippen molar-refractivity contribution in [3.63, 3.8) is 0 Å². The van der Waals surface area contributed by atoms with Crippen molar-refractivity contribution in [1.82, 2.24) is 9.55 Å². The van der Waals surface area contributed by atoms with Crippen molar-refractivity contribution in [3.05, 3.63) is 76.7 Å². The summed E-state index contributed by atoms with van der Waals surface area (Å²) in [5.41, 5.74) is 0.602. The summed E-state index contributed by atoms with van der Waals surface area (Å²) in [4.78, 5) is 31.4. The quantitative estimate of drug-likeness (QED) is 0.261. The highest BCUT2D eigenvalue weighted by atomic mass is 32.1. The number of thiazole rings is 1. The molecule has 0 saturated heterocycles. The maximum absolute atomic E-state index is 13.9. The van der Waals surface area contributed by atoms with Gasteiger partial charge in [0.05, 0.1) is 45.3 Å². The molecule has 12 heteroatoms. The molecule has 0 bridgehead atoms. The van der Waals surface area contributed by atoms with Crippen molar-refractivity contribution in [2.24, 2.45) is 19.5 Å². The molecule has 0 fully saturated rings. The normalized spacial score (nSPS) is 13.6. The Morgan fingerprint density at radius 1 is 1.19 bits per heavy atom. The van der Waals surface area contributed by atoms with E-state index in [0.717, 1.165) is 18.0 Å². The van der Waals surface area contributed by atoms with Crippen LogP contribution in [0.3, 0.4) is 0 Å². The van der Waals surface area contributed by atoms with E-state index in [2.05, 4.69) is 4.98 Å². The van der Waals surface area contributed by atoms with E-state index < -0.39 is 35.3 Å². The second-order valence-corrected chi connectivity index (χ2v) is 11.3. The number of halogens is 2. The van der Waals surface area contributed by atoms with Gasteiger partial charge in [0.25, 0.3) is 5.82 Å². The fraction of sp³-hybridized carbons (Fsp3) is 0.333. The Labute approximate surface area is 245 Å². The van der Waals surface area contributed by atoms with Gasteiger partial charge in [0.15, 0.2) is 16.8 Å². The van der Waals surface area contributed by atoms with E-state index in [1.54, 1.807) is 18.6 Å². The molecule has 42 heavy (non-hydrogen) atoms. The summed E-state index contributed by atoms with van der Waals surface area (Å²) in [5.74, 6) is -1.74. The second kappa shape index (κ2) is 11.5. The molecule has 9 nitrogen and oxygen atoms in total. The van der Waals surface area contributed by atoms with Crippen molar-refractivity contribution >= 4 is 28.3 Å². The van der Waals surface area contributed by atoms with Crippen LogP contribution in [0.15, 0.2) is 48.1 Å². The highest BCUT2D eigenvalue weighted by Crippen LogP contribution is 2.43. The van der Waals surface area contributed by atoms with E-state index in [9.17, 15) is 23.5 Å². The number of benzene rings is 2. The molecule has 0 N–H and O–H groups in total. The first kappa shape index (κ1) is 29.2. The highest BCUT2D eigenvalue weighted by molar-refractivity contribution is 7.14. The summed E-state index contributed by atoms with van der Waals surface area (Å²) in [6.07, 6.45) is 3.99. The SMILES string of the molecule is COc1cc(OCCc2n(C)cc[n+]2C)ccc1-c1csc(N(C)C(=O)C2(CC(=O)[O-])Cc3cc(F)c(F)cc3C2)n1. The molecule has 0 aliphatic heterocycles. The summed E-state index contributed by atoms with van der Waals surface area (Å²) < 4.78 is 43.4. The number of hydrogen-bond donors (Lipinski definition) is 0. The number of imidazole rings is 1. The zero-order valence-electron chi connectivity index (χ0n) is 23.6.